The van der Waals surface area contributed by atoms with E-state index in [1.807, 2.05) is 0 Å². The van der Waals surface area contributed by atoms with Crippen LogP contribution in [0.2, 0.25) is 0 Å². The first kappa shape index (κ1) is 14.9. The van der Waals surface area contributed by atoms with E-state index in [1.165, 1.54) is 0 Å². The zero-order chi connectivity index (χ0) is 13.1. The summed E-state index contributed by atoms with van der Waals surface area (Å²) >= 11 is 0. The molecule has 3 heteroatoms. The third-order valence-electron chi connectivity index (χ3n) is 4.49. The minimum absolute atomic E-state index is 0.270. The Balaban J connectivity index is 2.61. The molecule has 1 rings (SSSR count). The standard InChI is InChI=1S/C14H30N2O/c1-12(13(2,3)4)16(5)11-14(10-15)6-8-17-9-7-14/h12H,6-11,15H2,1-5H3. The van der Waals surface area contributed by atoms with Gasteiger partial charge >= 0.3 is 0 Å². The maximum Gasteiger partial charge on any atom is 0.0472 e. The summed E-state index contributed by atoms with van der Waals surface area (Å²) in [5.74, 6) is 0. The molecule has 1 heterocycles. The number of hydrogen-bond acceptors (Lipinski definition) is 3. The predicted octanol–water partition coefficient (Wildman–Crippen LogP) is 2.11. The van der Waals surface area contributed by atoms with Gasteiger partial charge in [0.2, 0.25) is 0 Å². The molecular weight excluding hydrogens is 212 g/mol. The lowest BCUT2D eigenvalue weighted by Crippen LogP contribution is -2.49. The maximum absolute atomic E-state index is 6.01. The zero-order valence-corrected chi connectivity index (χ0v) is 12.3. The molecule has 1 unspecified atom stereocenters. The van der Waals surface area contributed by atoms with Crippen molar-refractivity contribution >= 4 is 0 Å². The third kappa shape index (κ3) is 3.94. The molecule has 0 aromatic heterocycles. The lowest BCUT2D eigenvalue weighted by atomic mass is 9.78. The van der Waals surface area contributed by atoms with Gasteiger partial charge in [-0.3, -0.25) is 0 Å². The van der Waals surface area contributed by atoms with Crippen molar-refractivity contribution in [2.24, 2.45) is 16.6 Å². The minimum atomic E-state index is 0.270. The van der Waals surface area contributed by atoms with E-state index in [4.69, 9.17) is 10.5 Å². The van der Waals surface area contributed by atoms with E-state index in [-0.39, 0.29) is 5.41 Å². The summed E-state index contributed by atoms with van der Waals surface area (Å²) in [5.41, 5.74) is 6.60. The Kier molecular flexibility index (Phi) is 4.99. The van der Waals surface area contributed by atoms with Crippen molar-refractivity contribution in [1.82, 2.24) is 4.90 Å². The van der Waals surface area contributed by atoms with E-state index in [0.717, 1.165) is 39.1 Å². The fraction of sp³-hybridized carbons (Fsp3) is 1.00. The zero-order valence-electron chi connectivity index (χ0n) is 12.3. The van der Waals surface area contributed by atoms with Crippen LogP contribution in [-0.2, 0) is 4.74 Å². The highest BCUT2D eigenvalue weighted by molar-refractivity contribution is 4.88. The number of nitrogens with two attached hydrogens (primary N) is 1. The van der Waals surface area contributed by atoms with Gasteiger partial charge in [0.1, 0.15) is 0 Å². The second-order valence-corrected chi connectivity index (χ2v) is 6.77. The Morgan fingerprint density at radius 2 is 1.82 bits per heavy atom. The number of nitrogens with zero attached hydrogens (tertiary/aromatic N) is 1. The summed E-state index contributed by atoms with van der Waals surface area (Å²) in [6.07, 6.45) is 2.20. The molecule has 102 valence electrons. The predicted molar refractivity (Wildman–Crippen MR) is 73.1 cm³/mol. The Hall–Kier alpha value is -0.120. The van der Waals surface area contributed by atoms with Gasteiger partial charge < -0.3 is 15.4 Å². The normalized spacial score (nSPS) is 22.8. The van der Waals surface area contributed by atoms with Crippen molar-refractivity contribution in [3.8, 4) is 0 Å². The second-order valence-electron chi connectivity index (χ2n) is 6.77. The van der Waals surface area contributed by atoms with E-state index in [0.29, 0.717) is 11.5 Å². The van der Waals surface area contributed by atoms with Crippen molar-refractivity contribution in [2.75, 3.05) is 33.4 Å². The van der Waals surface area contributed by atoms with Gasteiger partial charge in [-0.05, 0) is 44.2 Å². The SMILES string of the molecule is CC(N(C)CC1(CN)CCOCC1)C(C)(C)C. The van der Waals surface area contributed by atoms with Crippen molar-refractivity contribution in [2.45, 2.75) is 46.6 Å². The molecular formula is C14H30N2O. The monoisotopic (exact) mass is 242 g/mol. The lowest BCUT2D eigenvalue weighted by Gasteiger charge is -2.43. The number of hydrogen-bond donors (Lipinski definition) is 1. The molecule has 0 aliphatic carbocycles. The summed E-state index contributed by atoms with van der Waals surface area (Å²) < 4.78 is 5.46. The summed E-state index contributed by atoms with van der Waals surface area (Å²) in [4.78, 5) is 2.47. The van der Waals surface area contributed by atoms with Crippen LogP contribution in [0.1, 0.15) is 40.5 Å². The highest BCUT2D eigenvalue weighted by Crippen LogP contribution is 2.32. The first-order valence-electron chi connectivity index (χ1n) is 6.79. The van der Waals surface area contributed by atoms with Crippen molar-refractivity contribution in [3.63, 3.8) is 0 Å². The maximum atomic E-state index is 6.01. The molecule has 0 amide bonds. The highest BCUT2D eigenvalue weighted by atomic mass is 16.5. The molecule has 17 heavy (non-hydrogen) atoms. The molecule has 0 aromatic rings. The van der Waals surface area contributed by atoms with Crippen LogP contribution >= 0.6 is 0 Å². The van der Waals surface area contributed by atoms with Crippen LogP contribution in [0.5, 0.6) is 0 Å². The van der Waals surface area contributed by atoms with Gasteiger partial charge in [0.05, 0.1) is 0 Å². The van der Waals surface area contributed by atoms with E-state index in [9.17, 15) is 0 Å². The molecule has 1 fully saturated rings. The number of rotatable bonds is 4. The Morgan fingerprint density at radius 1 is 1.29 bits per heavy atom. The smallest absolute Gasteiger partial charge is 0.0472 e. The molecule has 0 aromatic carbocycles. The molecule has 0 saturated carbocycles. The Morgan fingerprint density at radius 3 is 2.24 bits per heavy atom. The lowest BCUT2D eigenvalue weighted by molar-refractivity contribution is -0.00992. The Bertz CT molecular complexity index is 229. The van der Waals surface area contributed by atoms with Gasteiger partial charge in [-0.25, -0.2) is 0 Å². The highest BCUT2D eigenvalue weighted by Gasteiger charge is 2.35. The first-order valence-corrected chi connectivity index (χ1v) is 6.79. The molecule has 1 aliphatic heterocycles. The first-order chi connectivity index (χ1) is 7.81. The van der Waals surface area contributed by atoms with Gasteiger partial charge in [0, 0.05) is 25.8 Å². The molecule has 2 N–H and O–H groups in total. The van der Waals surface area contributed by atoms with Crippen molar-refractivity contribution < 1.29 is 4.74 Å². The third-order valence-corrected chi connectivity index (χ3v) is 4.49. The summed E-state index contributed by atoms with van der Waals surface area (Å²) in [6.45, 7) is 12.8. The molecule has 1 saturated heterocycles. The second kappa shape index (κ2) is 5.68. The van der Waals surface area contributed by atoms with Gasteiger partial charge in [0.25, 0.3) is 0 Å². The quantitative estimate of drug-likeness (QED) is 0.820. The minimum Gasteiger partial charge on any atom is -0.381 e. The molecule has 0 spiro atoms. The van der Waals surface area contributed by atoms with E-state index >= 15 is 0 Å². The fourth-order valence-corrected chi connectivity index (χ4v) is 2.56. The van der Waals surface area contributed by atoms with Gasteiger partial charge in [-0.15, -0.1) is 0 Å². The average Bonchev–Trinajstić information content (AvgIpc) is 2.28. The van der Waals surface area contributed by atoms with Crippen LogP contribution in [0.25, 0.3) is 0 Å². The Labute approximate surface area is 107 Å². The van der Waals surface area contributed by atoms with Crippen LogP contribution < -0.4 is 5.73 Å². The topological polar surface area (TPSA) is 38.5 Å². The van der Waals surface area contributed by atoms with Crippen LogP contribution in [-0.4, -0.2) is 44.3 Å². The fourth-order valence-electron chi connectivity index (χ4n) is 2.56. The van der Waals surface area contributed by atoms with Crippen LogP contribution in [0.15, 0.2) is 0 Å². The summed E-state index contributed by atoms with van der Waals surface area (Å²) in [5, 5.41) is 0. The number of ether oxygens (including phenoxy) is 1. The van der Waals surface area contributed by atoms with Gasteiger partial charge in [0.15, 0.2) is 0 Å². The van der Waals surface area contributed by atoms with Crippen LogP contribution in [0.3, 0.4) is 0 Å². The van der Waals surface area contributed by atoms with Crippen LogP contribution in [0.4, 0.5) is 0 Å². The summed E-state index contributed by atoms with van der Waals surface area (Å²) in [7, 11) is 2.22. The average molecular weight is 242 g/mol. The van der Waals surface area contributed by atoms with E-state index in [2.05, 4.69) is 39.6 Å². The van der Waals surface area contributed by atoms with E-state index in [1.54, 1.807) is 0 Å². The van der Waals surface area contributed by atoms with Crippen LogP contribution in [0, 0.1) is 10.8 Å². The van der Waals surface area contributed by atoms with Gasteiger partial charge in [-0.1, -0.05) is 20.8 Å². The molecule has 3 nitrogen and oxygen atoms in total. The van der Waals surface area contributed by atoms with E-state index < -0.39 is 0 Å². The molecule has 0 radical (unpaired) electrons. The summed E-state index contributed by atoms with van der Waals surface area (Å²) in [6, 6.07) is 0.564. The largest absolute Gasteiger partial charge is 0.381 e. The molecule has 1 atom stereocenters. The molecule has 1 aliphatic rings. The van der Waals surface area contributed by atoms with Crippen molar-refractivity contribution in [3.05, 3.63) is 0 Å². The van der Waals surface area contributed by atoms with Gasteiger partial charge in [-0.2, -0.15) is 0 Å². The molecule has 0 bridgehead atoms. The van der Waals surface area contributed by atoms with Crippen molar-refractivity contribution in [1.29, 1.82) is 0 Å².